The fourth-order valence-electron chi connectivity index (χ4n) is 2.18. The van der Waals surface area contributed by atoms with Gasteiger partial charge in [0.2, 0.25) is 0 Å². The van der Waals surface area contributed by atoms with E-state index < -0.39 is 0 Å². The third-order valence-corrected chi connectivity index (χ3v) is 3.14. The van der Waals surface area contributed by atoms with E-state index in [1.54, 1.807) is 7.11 Å². The summed E-state index contributed by atoms with van der Waals surface area (Å²) < 4.78 is 5.45. The molecule has 0 bridgehead atoms. The molecule has 0 spiro atoms. The molecule has 0 N–H and O–H groups in total. The molecular formula is C16H22O. The van der Waals surface area contributed by atoms with Crippen LogP contribution in [-0.2, 0) is 6.42 Å². The highest BCUT2D eigenvalue weighted by Crippen LogP contribution is 2.33. The number of terminal acetylenes is 1. The molecule has 1 heteroatoms. The van der Waals surface area contributed by atoms with Gasteiger partial charge in [-0.1, -0.05) is 32.4 Å². The highest BCUT2D eigenvalue weighted by Gasteiger charge is 2.15. The van der Waals surface area contributed by atoms with Crippen LogP contribution < -0.4 is 4.74 Å². The monoisotopic (exact) mass is 230 g/mol. The summed E-state index contributed by atoms with van der Waals surface area (Å²) >= 11 is 0. The molecule has 1 rings (SSSR count). The van der Waals surface area contributed by atoms with Gasteiger partial charge in [-0.25, -0.2) is 0 Å². The Labute approximate surface area is 105 Å². The number of ether oxygens (including phenoxy) is 1. The van der Waals surface area contributed by atoms with Gasteiger partial charge >= 0.3 is 0 Å². The van der Waals surface area contributed by atoms with Gasteiger partial charge in [-0.3, -0.25) is 0 Å². The summed E-state index contributed by atoms with van der Waals surface area (Å²) in [6.45, 7) is 4.36. The lowest BCUT2D eigenvalue weighted by atomic mass is 9.89. The Kier molecular flexibility index (Phi) is 5.63. The molecule has 92 valence electrons. The summed E-state index contributed by atoms with van der Waals surface area (Å²) in [6, 6.07) is 6.44. The Morgan fingerprint density at radius 3 is 2.65 bits per heavy atom. The Hall–Kier alpha value is -1.42. The molecule has 0 saturated heterocycles. The van der Waals surface area contributed by atoms with Gasteiger partial charge in [0.1, 0.15) is 5.75 Å². The lowest BCUT2D eigenvalue weighted by molar-refractivity contribution is 0.403. The zero-order valence-electron chi connectivity index (χ0n) is 11.1. The maximum absolute atomic E-state index is 5.47. The summed E-state index contributed by atoms with van der Waals surface area (Å²) in [4.78, 5) is 0. The van der Waals surface area contributed by atoms with Crippen LogP contribution in [0.5, 0.6) is 5.75 Å². The van der Waals surface area contributed by atoms with E-state index in [0.29, 0.717) is 5.92 Å². The van der Waals surface area contributed by atoms with Crippen LogP contribution in [0.2, 0.25) is 0 Å². The van der Waals surface area contributed by atoms with E-state index in [1.807, 2.05) is 0 Å². The van der Waals surface area contributed by atoms with Crippen molar-refractivity contribution in [2.75, 3.05) is 7.11 Å². The molecule has 1 aromatic rings. The Morgan fingerprint density at radius 2 is 2.12 bits per heavy atom. The molecule has 1 unspecified atom stereocenters. The average molecular weight is 230 g/mol. The molecule has 0 saturated carbocycles. The number of hydrogen-bond donors (Lipinski definition) is 0. The Bertz CT molecular complexity index is 387. The van der Waals surface area contributed by atoms with Crippen LogP contribution in [0.15, 0.2) is 18.2 Å². The standard InChI is InChI=1S/C16H22O/c1-5-8-14(9-6-2)15-12-13(7-3)10-11-16(15)17-4/h1,10-12,14H,6-9H2,2-4H3. The van der Waals surface area contributed by atoms with E-state index >= 15 is 0 Å². The molecule has 0 radical (unpaired) electrons. The van der Waals surface area contributed by atoms with E-state index in [2.05, 4.69) is 38.0 Å². The normalized spacial score (nSPS) is 11.9. The first-order chi connectivity index (χ1) is 8.26. The number of aryl methyl sites for hydroxylation is 1. The third-order valence-electron chi connectivity index (χ3n) is 3.14. The summed E-state index contributed by atoms with van der Waals surface area (Å²) in [5, 5.41) is 0. The number of rotatable bonds is 6. The van der Waals surface area contributed by atoms with Gasteiger partial charge in [0.15, 0.2) is 0 Å². The van der Waals surface area contributed by atoms with Gasteiger partial charge in [0.05, 0.1) is 7.11 Å². The van der Waals surface area contributed by atoms with E-state index in [1.165, 1.54) is 11.1 Å². The van der Waals surface area contributed by atoms with Gasteiger partial charge in [0, 0.05) is 6.42 Å². The largest absolute Gasteiger partial charge is 0.496 e. The highest BCUT2D eigenvalue weighted by atomic mass is 16.5. The number of methoxy groups -OCH3 is 1. The van der Waals surface area contributed by atoms with Crippen LogP contribution in [0.3, 0.4) is 0 Å². The zero-order chi connectivity index (χ0) is 12.7. The number of benzene rings is 1. The molecule has 0 fully saturated rings. The van der Waals surface area contributed by atoms with Gasteiger partial charge in [0.25, 0.3) is 0 Å². The lowest BCUT2D eigenvalue weighted by Gasteiger charge is -2.18. The Balaban J connectivity index is 3.09. The zero-order valence-corrected chi connectivity index (χ0v) is 11.1. The van der Waals surface area contributed by atoms with E-state index in [-0.39, 0.29) is 0 Å². The van der Waals surface area contributed by atoms with Crippen molar-refractivity contribution in [2.45, 2.75) is 45.4 Å². The second-order valence-corrected chi connectivity index (χ2v) is 4.32. The van der Waals surface area contributed by atoms with E-state index in [0.717, 1.165) is 31.4 Å². The van der Waals surface area contributed by atoms with Crippen molar-refractivity contribution in [3.05, 3.63) is 29.3 Å². The summed E-state index contributed by atoms with van der Waals surface area (Å²) in [5.41, 5.74) is 2.62. The van der Waals surface area contributed by atoms with Crippen LogP contribution in [0.25, 0.3) is 0 Å². The minimum Gasteiger partial charge on any atom is -0.496 e. The second kappa shape index (κ2) is 7.01. The molecule has 1 nitrogen and oxygen atoms in total. The van der Waals surface area contributed by atoms with Gasteiger partial charge < -0.3 is 4.74 Å². The van der Waals surface area contributed by atoms with Crippen LogP contribution in [0, 0.1) is 12.3 Å². The highest BCUT2D eigenvalue weighted by molar-refractivity contribution is 5.40. The van der Waals surface area contributed by atoms with Crippen molar-refractivity contribution in [3.8, 4) is 18.1 Å². The molecule has 0 amide bonds. The molecule has 0 heterocycles. The fourth-order valence-corrected chi connectivity index (χ4v) is 2.18. The maximum atomic E-state index is 5.47. The summed E-state index contributed by atoms with van der Waals surface area (Å²) in [6.07, 6.45) is 9.57. The predicted octanol–water partition coefficient (Wildman–Crippen LogP) is 4.16. The van der Waals surface area contributed by atoms with E-state index in [9.17, 15) is 0 Å². The fraction of sp³-hybridized carbons (Fsp3) is 0.500. The molecule has 0 aliphatic heterocycles. The van der Waals surface area contributed by atoms with Crippen molar-refractivity contribution in [2.24, 2.45) is 0 Å². The summed E-state index contributed by atoms with van der Waals surface area (Å²) in [5.74, 6) is 4.18. The van der Waals surface area contributed by atoms with Crippen molar-refractivity contribution in [1.29, 1.82) is 0 Å². The van der Waals surface area contributed by atoms with Crippen LogP contribution in [0.1, 0.15) is 50.2 Å². The molecular weight excluding hydrogens is 208 g/mol. The van der Waals surface area contributed by atoms with Crippen LogP contribution in [0.4, 0.5) is 0 Å². The van der Waals surface area contributed by atoms with Gasteiger partial charge in [-0.05, 0) is 36.0 Å². The Morgan fingerprint density at radius 1 is 1.35 bits per heavy atom. The lowest BCUT2D eigenvalue weighted by Crippen LogP contribution is -2.02. The maximum Gasteiger partial charge on any atom is 0.122 e. The molecule has 0 aliphatic carbocycles. The second-order valence-electron chi connectivity index (χ2n) is 4.32. The predicted molar refractivity (Wildman–Crippen MR) is 73.5 cm³/mol. The SMILES string of the molecule is C#CCC(CCC)c1cc(CC)ccc1OC. The molecule has 1 atom stereocenters. The smallest absolute Gasteiger partial charge is 0.122 e. The first-order valence-corrected chi connectivity index (χ1v) is 6.37. The molecule has 0 aromatic heterocycles. The van der Waals surface area contributed by atoms with E-state index in [4.69, 9.17) is 11.2 Å². The molecule has 0 aliphatic rings. The third kappa shape index (κ3) is 3.53. The van der Waals surface area contributed by atoms with Crippen LogP contribution in [-0.4, -0.2) is 7.11 Å². The summed E-state index contributed by atoms with van der Waals surface area (Å²) in [7, 11) is 1.73. The topological polar surface area (TPSA) is 9.23 Å². The van der Waals surface area contributed by atoms with Crippen molar-refractivity contribution >= 4 is 0 Å². The quantitative estimate of drug-likeness (QED) is 0.667. The van der Waals surface area contributed by atoms with Gasteiger partial charge in [-0.2, -0.15) is 0 Å². The average Bonchev–Trinajstić information content (AvgIpc) is 2.37. The molecule has 1 aromatic carbocycles. The first kappa shape index (κ1) is 13.6. The van der Waals surface area contributed by atoms with Crippen molar-refractivity contribution < 1.29 is 4.74 Å². The molecule has 17 heavy (non-hydrogen) atoms. The minimum absolute atomic E-state index is 0.423. The van der Waals surface area contributed by atoms with Crippen LogP contribution >= 0.6 is 0 Å². The first-order valence-electron chi connectivity index (χ1n) is 6.37. The van der Waals surface area contributed by atoms with Gasteiger partial charge in [-0.15, -0.1) is 12.3 Å². The van der Waals surface area contributed by atoms with Crippen molar-refractivity contribution in [1.82, 2.24) is 0 Å². The van der Waals surface area contributed by atoms with Crippen molar-refractivity contribution in [3.63, 3.8) is 0 Å². The number of hydrogen-bond acceptors (Lipinski definition) is 1. The minimum atomic E-state index is 0.423.